The van der Waals surface area contributed by atoms with Gasteiger partial charge in [0.1, 0.15) is 11.0 Å². The molecular weight excluding hydrogens is 730 g/mol. The Morgan fingerprint density at radius 1 is 1.08 bits per heavy atom. The van der Waals surface area contributed by atoms with Gasteiger partial charge in [-0.3, -0.25) is 14.4 Å². The molecule has 5 N–H and O–H groups in total. The topological polar surface area (TPSA) is 172 Å². The van der Waals surface area contributed by atoms with E-state index in [0.717, 1.165) is 19.4 Å². The molecule has 288 valence electrons. The molecule has 53 heavy (non-hydrogen) atoms. The Labute approximate surface area is 313 Å². The number of anilines is 2. The molecule has 7 rings (SSSR count). The molecule has 5 fully saturated rings. The molecular formula is C36H48ClF2N8O5S+. The number of halogens is 3. The highest BCUT2D eigenvalue weighted by atomic mass is 35.5. The lowest BCUT2D eigenvalue weighted by Crippen LogP contribution is -2.59. The first-order valence-electron chi connectivity index (χ1n) is 18.4. The number of quaternary nitrogens is 1. The van der Waals surface area contributed by atoms with Crippen LogP contribution in [0, 0.1) is 11.3 Å². The summed E-state index contributed by atoms with van der Waals surface area (Å²) < 4.78 is 60.9. The fraction of sp³-hybridized carbons (Fsp3) is 0.611. The number of nitrogens with one attached hydrogen (secondary N) is 1. The maximum absolute atomic E-state index is 16.1. The number of nitrogens with two attached hydrogens (primary N) is 2. The zero-order valence-electron chi connectivity index (χ0n) is 29.9. The number of amides is 3. The Balaban J connectivity index is 0.948. The zero-order chi connectivity index (χ0) is 37.9. The maximum Gasteiger partial charge on any atom is 0.278 e. The van der Waals surface area contributed by atoms with Crippen LogP contribution in [-0.4, -0.2) is 111 Å². The first kappa shape index (κ1) is 37.9. The van der Waals surface area contributed by atoms with Crippen molar-refractivity contribution in [1.29, 1.82) is 0 Å². The smallest absolute Gasteiger partial charge is 0.278 e. The number of piperazine rings is 1. The lowest BCUT2D eigenvalue weighted by molar-refractivity contribution is -0.906. The number of rotatable bonds is 10. The predicted octanol–water partition coefficient (Wildman–Crippen LogP) is 2.56. The number of nitrogens with zero attached hydrogens (tertiary/aromatic N) is 5. The van der Waals surface area contributed by atoms with Gasteiger partial charge in [-0.25, -0.2) is 22.2 Å². The van der Waals surface area contributed by atoms with Crippen LogP contribution in [0.3, 0.4) is 0 Å². The van der Waals surface area contributed by atoms with Gasteiger partial charge in [0.05, 0.1) is 18.5 Å². The third kappa shape index (κ3) is 7.62. The van der Waals surface area contributed by atoms with Crippen molar-refractivity contribution in [3.05, 3.63) is 47.1 Å². The van der Waals surface area contributed by atoms with Gasteiger partial charge in [-0.05, 0) is 74.9 Å². The molecule has 3 aliphatic heterocycles. The summed E-state index contributed by atoms with van der Waals surface area (Å²) in [6, 6.07) is 7.81. The summed E-state index contributed by atoms with van der Waals surface area (Å²) in [5.41, 5.74) is 11.9. The number of benzene rings is 1. The highest BCUT2D eigenvalue weighted by Gasteiger charge is 2.62. The van der Waals surface area contributed by atoms with Gasteiger partial charge in [-0.15, -0.1) is 0 Å². The SMILES string of the molecule is C[N@+]1(CC(N)=O)CC2(CC2)C[C@H]1C(=O)NC1CCC(C(F)(F)c2cc(Cl)nc(N3CCN(S(=O)(=O)c4ccc(N5C[C@H](N)CC5=O)cc4)CC3)c2)CC1. The molecule has 2 aliphatic carbocycles. The lowest BCUT2D eigenvalue weighted by atomic mass is 9.80. The minimum atomic E-state index is -3.85. The Kier molecular flexibility index (Phi) is 10.0. The molecule has 5 aliphatic rings. The highest BCUT2D eigenvalue weighted by molar-refractivity contribution is 7.89. The third-order valence-electron chi connectivity index (χ3n) is 12.1. The monoisotopic (exact) mass is 777 g/mol. The van der Waals surface area contributed by atoms with Crippen molar-refractivity contribution in [2.45, 2.75) is 80.3 Å². The van der Waals surface area contributed by atoms with Crippen molar-refractivity contribution in [3.63, 3.8) is 0 Å². The van der Waals surface area contributed by atoms with Crippen LogP contribution in [0.25, 0.3) is 0 Å². The number of hydrogen-bond donors (Lipinski definition) is 3. The Bertz CT molecular complexity index is 1870. The molecule has 3 atom stereocenters. The number of carbonyl (C=O) groups excluding carboxylic acids is 3. The van der Waals surface area contributed by atoms with Gasteiger partial charge in [0, 0.05) is 80.2 Å². The number of aromatic nitrogens is 1. The Hall–Kier alpha value is -3.44. The molecule has 2 aromatic rings. The number of alkyl halides is 2. The lowest BCUT2D eigenvalue weighted by Gasteiger charge is -2.37. The maximum atomic E-state index is 16.1. The molecule has 1 aromatic carbocycles. The quantitative estimate of drug-likeness (QED) is 0.244. The minimum absolute atomic E-state index is 0.0761. The predicted molar refractivity (Wildman–Crippen MR) is 195 cm³/mol. The van der Waals surface area contributed by atoms with E-state index in [1.807, 2.05) is 7.05 Å². The van der Waals surface area contributed by atoms with Crippen LogP contribution in [-0.2, 0) is 30.3 Å². The van der Waals surface area contributed by atoms with Crippen LogP contribution in [0.2, 0.25) is 5.15 Å². The summed E-state index contributed by atoms with van der Waals surface area (Å²) in [5, 5.41) is 3.04. The van der Waals surface area contributed by atoms with Crippen molar-refractivity contribution in [3.8, 4) is 0 Å². The van der Waals surface area contributed by atoms with Gasteiger partial charge in [-0.1, -0.05) is 11.6 Å². The number of pyridine rings is 1. The van der Waals surface area contributed by atoms with Crippen LogP contribution in [0.4, 0.5) is 20.3 Å². The van der Waals surface area contributed by atoms with E-state index in [2.05, 4.69) is 10.3 Å². The largest absolute Gasteiger partial charge is 0.365 e. The van der Waals surface area contributed by atoms with Gasteiger partial charge in [0.15, 0.2) is 12.6 Å². The van der Waals surface area contributed by atoms with Crippen LogP contribution in [0.15, 0.2) is 41.3 Å². The number of hydrogen-bond acceptors (Lipinski definition) is 8. The molecule has 13 nitrogen and oxygen atoms in total. The van der Waals surface area contributed by atoms with Crippen LogP contribution < -0.4 is 26.6 Å². The zero-order valence-corrected chi connectivity index (χ0v) is 31.4. The minimum Gasteiger partial charge on any atom is -0.365 e. The average Bonchev–Trinajstić information content (AvgIpc) is 3.68. The third-order valence-corrected chi connectivity index (χ3v) is 14.2. The van der Waals surface area contributed by atoms with Crippen molar-refractivity contribution in [2.24, 2.45) is 22.8 Å². The number of sulfonamides is 1. The molecule has 1 spiro atoms. The summed E-state index contributed by atoms with van der Waals surface area (Å²) in [6.45, 7) is 1.88. The molecule has 1 aromatic heterocycles. The average molecular weight is 778 g/mol. The number of carbonyl (C=O) groups is 3. The van der Waals surface area contributed by atoms with Crippen molar-refractivity contribution in [1.82, 2.24) is 14.6 Å². The van der Waals surface area contributed by atoms with E-state index in [9.17, 15) is 22.8 Å². The molecule has 0 unspecified atom stereocenters. The van der Waals surface area contributed by atoms with Crippen molar-refractivity contribution >= 4 is 50.9 Å². The van der Waals surface area contributed by atoms with E-state index in [0.29, 0.717) is 31.5 Å². The van der Waals surface area contributed by atoms with Gasteiger partial charge < -0.3 is 31.1 Å². The summed E-state index contributed by atoms with van der Waals surface area (Å²) in [6.07, 6.45) is 4.24. The van der Waals surface area contributed by atoms with Crippen LogP contribution in [0.1, 0.15) is 56.9 Å². The molecule has 3 amide bonds. The number of likely N-dealkylation sites (tertiary alicyclic amines) is 1. The molecule has 3 saturated heterocycles. The second kappa shape index (κ2) is 14.0. The normalized spacial score (nSPS) is 29.1. The van der Waals surface area contributed by atoms with E-state index in [4.69, 9.17) is 23.1 Å². The van der Waals surface area contributed by atoms with E-state index in [1.54, 1.807) is 21.9 Å². The second-order valence-corrected chi connectivity index (χ2v) is 18.4. The first-order valence-corrected chi connectivity index (χ1v) is 20.2. The number of likely N-dealkylation sites (N-methyl/N-ethyl adjacent to an activating group) is 1. The van der Waals surface area contributed by atoms with E-state index >= 15 is 8.78 Å². The van der Waals surface area contributed by atoms with Crippen LogP contribution >= 0.6 is 11.6 Å². The second-order valence-electron chi connectivity index (χ2n) is 16.1. The molecule has 0 radical (unpaired) electrons. The van der Waals surface area contributed by atoms with E-state index < -0.39 is 27.8 Å². The van der Waals surface area contributed by atoms with E-state index in [-0.39, 0.29) is 113 Å². The number of primary amides is 1. The van der Waals surface area contributed by atoms with Gasteiger partial charge >= 0.3 is 0 Å². The highest BCUT2D eigenvalue weighted by Crippen LogP contribution is 2.57. The van der Waals surface area contributed by atoms with Gasteiger partial charge in [0.25, 0.3) is 17.7 Å². The van der Waals surface area contributed by atoms with Crippen molar-refractivity contribution < 1.29 is 36.1 Å². The summed E-state index contributed by atoms with van der Waals surface area (Å²) in [4.78, 5) is 45.2. The van der Waals surface area contributed by atoms with Gasteiger partial charge in [0.2, 0.25) is 15.9 Å². The Morgan fingerprint density at radius 3 is 2.32 bits per heavy atom. The summed E-state index contributed by atoms with van der Waals surface area (Å²) in [7, 11) is -1.94. The fourth-order valence-corrected chi connectivity index (χ4v) is 10.7. The van der Waals surface area contributed by atoms with E-state index in [1.165, 1.54) is 28.6 Å². The van der Waals surface area contributed by atoms with Gasteiger partial charge in [-0.2, -0.15) is 4.31 Å². The Morgan fingerprint density at radius 2 is 1.74 bits per heavy atom. The molecule has 17 heteroatoms. The van der Waals surface area contributed by atoms with Crippen LogP contribution in [0.5, 0.6) is 0 Å². The summed E-state index contributed by atoms with van der Waals surface area (Å²) in [5.74, 6) is -4.60. The molecule has 0 bridgehead atoms. The first-order chi connectivity index (χ1) is 25.0. The fourth-order valence-electron chi connectivity index (χ4n) is 9.07. The molecule has 4 heterocycles. The molecule has 2 saturated carbocycles. The standard InChI is InChI=1S/C36H47ClF2N8O5S/c1-47(21-31(41)48)22-35(10-11-35)19-29(47)34(50)42-26-4-2-23(3-5-26)36(38,39)24-16-30(37)43-32(17-24)44-12-14-45(15-13-44)53(51,52)28-8-6-27(7-9-28)46-20-25(40)18-33(46)49/h6-9,16-17,23,25-26,29H,2-5,10-15,18-22,40H2,1H3,(H2-,41,42,48,50)/p+1/t23?,25-,26?,29+,47+/m1/s1. The van der Waals surface area contributed by atoms with Crippen molar-refractivity contribution in [2.75, 3.05) is 62.7 Å². The summed E-state index contributed by atoms with van der Waals surface area (Å²) >= 11 is 6.31.